The molecular formula is C24H19BrCl2N2O4. The maximum absolute atomic E-state index is 13.2. The number of rotatable bonds is 3. The second kappa shape index (κ2) is 8.63. The number of amides is 1. The lowest BCUT2D eigenvalue weighted by atomic mass is 9.93. The number of hydrogen-bond acceptors (Lipinski definition) is 5. The van der Waals surface area contributed by atoms with Crippen LogP contribution in [0.1, 0.15) is 43.7 Å². The Morgan fingerprint density at radius 1 is 1.09 bits per heavy atom. The topological polar surface area (TPSA) is 83.6 Å². The lowest BCUT2D eigenvalue weighted by Crippen LogP contribution is -2.30. The van der Waals surface area contributed by atoms with Gasteiger partial charge in [0.15, 0.2) is 5.82 Å². The van der Waals surface area contributed by atoms with Gasteiger partial charge in [-0.3, -0.25) is 14.5 Å². The highest BCUT2D eigenvalue weighted by Crippen LogP contribution is 2.45. The molecule has 0 aliphatic carbocycles. The monoisotopic (exact) mass is 548 g/mol. The first-order valence-electron chi connectivity index (χ1n) is 9.98. The van der Waals surface area contributed by atoms with Crippen molar-refractivity contribution in [3.05, 3.63) is 85.5 Å². The summed E-state index contributed by atoms with van der Waals surface area (Å²) in [4.78, 5) is 27.6. The van der Waals surface area contributed by atoms with E-state index in [0.29, 0.717) is 21.9 Å². The van der Waals surface area contributed by atoms with E-state index >= 15 is 0 Å². The molecule has 9 heteroatoms. The molecule has 1 N–H and O–H groups in total. The Hall–Kier alpha value is -2.61. The first-order valence-corrected chi connectivity index (χ1v) is 11.5. The van der Waals surface area contributed by atoms with E-state index in [1.54, 1.807) is 42.5 Å². The Labute approximate surface area is 208 Å². The molecule has 0 radical (unpaired) electrons. The lowest BCUT2D eigenvalue weighted by molar-refractivity contribution is -0.132. The summed E-state index contributed by atoms with van der Waals surface area (Å²) >= 11 is 15.9. The van der Waals surface area contributed by atoms with Gasteiger partial charge in [-0.25, -0.2) is 0 Å². The fraction of sp³-hybridized carbons (Fsp3) is 0.208. The van der Waals surface area contributed by atoms with Gasteiger partial charge in [-0.05, 0) is 29.8 Å². The Kier molecular flexibility index (Phi) is 6.16. The van der Waals surface area contributed by atoms with Crippen LogP contribution in [0.4, 0.5) is 5.82 Å². The van der Waals surface area contributed by atoms with Crippen molar-refractivity contribution in [1.29, 1.82) is 0 Å². The van der Waals surface area contributed by atoms with Gasteiger partial charge in [0.25, 0.3) is 5.78 Å². The van der Waals surface area contributed by atoms with Gasteiger partial charge in [-0.1, -0.05) is 83.3 Å². The minimum absolute atomic E-state index is 0.105. The first-order chi connectivity index (χ1) is 15.5. The molecule has 170 valence electrons. The van der Waals surface area contributed by atoms with Crippen LogP contribution in [0.3, 0.4) is 0 Å². The zero-order valence-electron chi connectivity index (χ0n) is 17.9. The van der Waals surface area contributed by atoms with Gasteiger partial charge in [0.05, 0.1) is 11.6 Å². The van der Waals surface area contributed by atoms with Gasteiger partial charge in [0.2, 0.25) is 0 Å². The van der Waals surface area contributed by atoms with Gasteiger partial charge < -0.3 is 9.63 Å². The van der Waals surface area contributed by atoms with Crippen molar-refractivity contribution in [1.82, 2.24) is 5.16 Å². The van der Waals surface area contributed by atoms with E-state index in [2.05, 4.69) is 21.1 Å². The number of aliphatic hydroxyl groups excluding tert-OH is 1. The van der Waals surface area contributed by atoms with Crippen LogP contribution in [0.5, 0.6) is 0 Å². The Morgan fingerprint density at radius 2 is 1.76 bits per heavy atom. The summed E-state index contributed by atoms with van der Waals surface area (Å²) in [6.07, 6.45) is 0. The number of ketones is 1. The fourth-order valence-corrected chi connectivity index (χ4v) is 4.36. The Bertz CT molecular complexity index is 1290. The van der Waals surface area contributed by atoms with E-state index < -0.39 is 17.7 Å². The number of benzene rings is 2. The normalized spacial score (nSPS) is 18.2. The van der Waals surface area contributed by atoms with Crippen molar-refractivity contribution in [3.63, 3.8) is 0 Å². The smallest absolute Gasteiger partial charge is 0.301 e. The van der Waals surface area contributed by atoms with Crippen molar-refractivity contribution in [2.45, 2.75) is 32.2 Å². The number of carbonyl (C=O) groups excluding carboxylic acids is 2. The molecule has 0 saturated carbocycles. The Morgan fingerprint density at radius 3 is 2.33 bits per heavy atom. The maximum Gasteiger partial charge on any atom is 0.301 e. The summed E-state index contributed by atoms with van der Waals surface area (Å²) in [7, 11) is 0. The number of aliphatic hydroxyl groups is 1. The molecule has 1 aliphatic heterocycles. The van der Waals surface area contributed by atoms with Crippen molar-refractivity contribution in [2.24, 2.45) is 0 Å². The van der Waals surface area contributed by atoms with Gasteiger partial charge in [0, 0.05) is 31.6 Å². The number of carbonyl (C=O) groups is 2. The van der Waals surface area contributed by atoms with Crippen LogP contribution in [-0.4, -0.2) is 22.0 Å². The molecule has 0 unspecified atom stereocenters. The molecule has 0 spiro atoms. The molecule has 1 aliphatic rings. The number of Topliss-reactive ketones (excluding diaryl/α,β-unsaturated/α-hetero) is 1. The van der Waals surface area contributed by atoms with E-state index in [1.165, 1.54) is 11.0 Å². The van der Waals surface area contributed by atoms with Crippen LogP contribution in [0.25, 0.3) is 5.76 Å². The summed E-state index contributed by atoms with van der Waals surface area (Å²) in [6.45, 7) is 5.81. The summed E-state index contributed by atoms with van der Waals surface area (Å²) < 4.78 is 6.26. The van der Waals surface area contributed by atoms with Crippen LogP contribution in [-0.2, 0) is 15.0 Å². The third-order valence-corrected chi connectivity index (χ3v) is 6.39. The van der Waals surface area contributed by atoms with Crippen molar-refractivity contribution >= 4 is 62.4 Å². The number of hydrogen-bond donors (Lipinski definition) is 1. The minimum atomic E-state index is -1.03. The lowest BCUT2D eigenvalue weighted by Gasteiger charge is -2.24. The molecule has 1 atom stereocenters. The predicted molar refractivity (Wildman–Crippen MR) is 131 cm³/mol. The summed E-state index contributed by atoms with van der Waals surface area (Å²) in [5, 5.41) is 15.8. The van der Waals surface area contributed by atoms with E-state index in [-0.39, 0.29) is 27.6 Å². The first kappa shape index (κ1) is 23.5. The van der Waals surface area contributed by atoms with E-state index in [4.69, 9.17) is 27.7 Å². The molecular weight excluding hydrogens is 531 g/mol. The van der Waals surface area contributed by atoms with Gasteiger partial charge in [-0.15, -0.1) is 0 Å². The molecule has 1 aromatic heterocycles. The third-order valence-electron chi connectivity index (χ3n) is 5.30. The second-order valence-electron chi connectivity index (χ2n) is 8.64. The standard InChI is InChI=1S/C24H19BrCl2N2O4/c1-24(2,3)17-11-18(28-33-17)29-20(15-9-8-14(26)10-16(15)27)19(22(31)23(29)32)21(30)12-4-6-13(25)7-5-12/h4-11,20,30H,1-3H3/t20-/m0/s1. The highest BCUT2D eigenvalue weighted by atomic mass is 79.9. The van der Waals surface area contributed by atoms with Gasteiger partial charge in [0.1, 0.15) is 11.5 Å². The van der Waals surface area contributed by atoms with Crippen LogP contribution >= 0.6 is 39.1 Å². The quantitative estimate of drug-likeness (QED) is 0.224. The molecule has 1 saturated heterocycles. The molecule has 2 aromatic carbocycles. The molecule has 1 amide bonds. The van der Waals surface area contributed by atoms with Crippen LogP contribution in [0.15, 0.2) is 63.1 Å². The fourth-order valence-electron chi connectivity index (χ4n) is 3.58. The average Bonchev–Trinajstić information content (AvgIpc) is 3.32. The zero-order chi connectivity index (χ0) is 24.1. The predicted octanol–water partition coefficient (Wildman–Crippen LogP) is 6.67. The molecule has 2 heterocycles. The summed E-state index contributed by atoms with van der Waals surface area (Å²) in [6, 6.07) is 12.0. The van der Waals surface area contributed by atoms with E-state index in [9.17, 15) is 14.7 Å². The number of halogens is 3. The van der Waals surface area contributed by atoms with Crippen LogP contribution in [0.2, 0.25) is 10.0 Å². The number of aromatic nitrogens is 1. The molecule has 4 rings (SSSR count). The second-order valence-corrected chi connectivity index (χ2v) is 10.4. The van der Waals surface area contributed by atoms with Gasteiger partial charge in [-0.2, -0.15) is 0 Å². The highest BCUT2D eigenvalue weighted by molar-refractivity contribution is 9.10. The van der Waals surface area contributed by atoms with Crippen molar-refractivity contribution < 1.29 is 19.2 Å². The van der Waals surface area contributed by atoms with Crippen molar-refractivity contribution in [3.8, 4) is 0 Å². The van der Waals surface area contributed by atoms with E-state index in [1.807, 2.05) is 20.8 Å². The molecule has 3 aromatic rings. The summed E-state index contributed by atoms with van der Waals surface area (Å²) in [5.74, 6) is -1.34. The number of anilines is 1. The zero-order valence-corrected chi connectivity index (χ0v) is 21.0. The highest BCUT2D eigenvalue weighted by Gasteiger charge is 2.49. The van der Waals surface area contributed by atoms with Gasteiger partial charge >= 0.3 is 5.91 Å². The molecule has 1 fully saturated rings. The Balaban J connectivity index is 1.95. The number of nitrogens with zero attached hydrogens (tertiary/aromatic N) is 2. The largest absolute Gasteiger partial charge is 0.507 e. The molecule has 0 bridgehead atoms. The SMILES string of the molecule is CC(C)(C)c1cc(N2C(=O)C(=O)C(=C(O)c3ccc(Br)cc3)[C@@H]2c2ccc(Cl)cc2Cl)no1. The van der Waals surface area contributed by atoms with E-state index in [0.717, 1.165) is 4.47 Å². The maximum atomic E-state index is 13.2. The van der Waals surface area contributed by atoms with Crippen LogP contribution < -0.4 is 4.90 Å². The average molecular weight is 550 g/mol. The molecule has 33 heavy (non-hydrogen) atoms. The summed E-state index contributed by atoms with van der Waals surface area (Å²) in [5.41, 5.74) is 0.317. The van der Waals surface area contributed by atoms with Crippen LogP contribution in [0, 0.1) is 0 Å². The van der Waals surface area contributed by atoms with Crippen molar-refractivity contribution in [2.75, 3.05) is 4.90 Å². The molecule has 6 nitrogen and oxygen atoms in total. The minimum Gasteiger partial charge on any atom is -0.507 e. The third kappa shape index (κ3) is 4.33.